The maximum Gasteiger partial charge on any atom is 0.0640 e. The quantitative estimate of drug-likeness (QED) is 0.767. The molecular formula is C15H27N3. The summed E-state index contributed by atoms with van der Waals surface area (Å²) in [5.74, 6) is 0.978. The van der Waals surface area contributed by atoms with Crippen molar-refractivity contribution in [3.63, 3.8) is 0 Å². The second-order valence-electron chi connectivity index (χ2n) is 5.68. The molecule has 1 aromatic rings. The summed E-state index contributed by atoms with van der Waals surface area (Å²) >= 11 is 0. The Balaban J connectivity index is 1.90. The highest BCUT2D eigenvalue weighted by atomic mass is 15.3. The molecule has 1 N–H and O–H groups in total. The second kappa shape index (κ2) is 6.37. The Kier molecular flexibility index (Phi) is 4.81. The number of aromatic nitrogens is 2. The van der Waals surface area contributed by atoms with Crippen molar-refractivity contribution in [1.29, 1.82) is 0 Å². The van der Waals surface area contributed by atoms with Gasteiger partial charge < -0.3 is 5.32 Å². The highest BCUT2D eigenvalue weighted by Crippen LogP contribution is 2.34. The molecule has 1 aromatic heterocycles. The predicted octanol–water partition coefficient (Wildman–Crippen LogP) is 3.17. The number of nitrogens with zero attached hydrogens (tertiary/aromatic N) is 2. The molecule has 0 radical (unpaired) electrons. The molecule has 1 heterocycles. The fourth-order valence-corrected chi connectivity index (χ4v) is 2.45. The van der Waals surface area contributed by atoms with E-state index in [-0.39, 0.29) is 0 Å². The fraction of sp³-hybridized carbons (Fsp3) is 0.800. The summed E-state index contributed by atoms with van der Waals surface area (Å²) in [5, 5.41) is 8.31. The highest BCUT2D eigenvalue weighted by molar-refractivity contribution is 5.03. The monoisotopic (exact) mass is 249 g/mol. The molecule has 3 heteroatoms. The van der Waals surface area contributed by atoms with E-state index in [9.17, 15) is 0 Å². The van der Waals surface area contributed by atoms with Crippen molar-refractivity contribution in [3.8, 4) is 0 Å². The molecule has 2 atom stereocenters. The van der Waals surface area contributed by atoms with E-state index in [1.807, 2.05) is 0 Å². The summed E-state index contributed by atoms with van der Waals surface area (Å²) in [6.45, 7) is 7.68. The molecule has 2 rings (SSSR count). The highest BCUT2D eigenvalue weighted by Gasteiger charge is 2.25. The summed E-state index contributed by atoms with van der Waals surface area (Å²) in [5.41, 5.74) is 1.24. The van der Waals surface area contributed by atoms with E-state index >= 15 is 0 Å². The lowest BCUT2D eigenvalue weighted by Crippen LogP contribution is -2.31. The molecule has 0 aromatic carbocycles. The Hall–Kier alpha value is -0.830. The van der Waals surface area contributed by atoms with Crippen LogP contribution in [0.25, 0.3) is 0 Å². The largest absolute Gasteiger partial charge is 0.314 e. The van der Waals surface area contributed by atoms with Crippen molar-refractivity contribution in [1.82, 2.24) is 15.1 Å². The first kappa shape index (κ1) is 13.6. The van der Waals surface area contributed by atoms with Gasteiger partial charge in [0.2, 0.25) is 0 Å². The molecule has 0 amide bonds. The molecule has 2 unspecified atom stereocenters. The van der Waals surface area contributed by atoms with E-state index in [2.05, 4.69) is 43.0 Å². The first-order valence-corrected chi connectivity index (χ1v) is 7.50. The molecule has 1 fully saturated rings. The summed E-state index contributed by atoms with van der Waals surface area (Å²) in [7, 11) is 0. The Morgan fingerprint density at radius 3 is 2.83 bits per heavy atom. The third-order valence-corrected chi connectivity index (χ3v) is 3.97. The van der Waals surface area contributed by atoms with Crippen molar-refractivity contribution < 1.29 is 0 Å². The van der Waals surface area contributed by atoms with Gasteiger partial charge in [0.25, 0.3) is 0 Å². The van der Waals surface area contributed by atoms with Gasteiger partial charge in [0.15, 0.2) is 0 Å². The van der Waals surface area contributed by atoms with Crippen LogP contribution < -0.4 is 5.32 Å². The summed E-state index contributed by atoms with van der Waals surface area (Å²) in [6.07, 6.45) is 8.54. The number of hydrogen-bond donors (Lipinski definition) is 1. The molecule has 0 spiro atoms. The molecule has 3 nitrogen and oxygen atoms in total. The maximum absolute atomic E-state index is 4.71. The lowest BCUT2D eigenvalue weighted by Gasteiger charge is -2.16. The van der Waals surface area contributed by atoms with Crippen LogP contribution in [0.15, 0.2) is 12.3 Å². The third-order valence-electron chi connectivity index (χ3n) is 3.97. The van der Waals surface area contributed by atoms with Gasteiger partial charge in [-0.3, -0.25) is 4.68 Å². The smallest absolute Gasteiger partial charge is 0.0640 e. The fourth-order valence-electron chi connectivity index (χ4n) is 2.45. The van der Waals surface area contributed by atoms with Gasteiger partial charge in [0, 0.05) is 24.7 Å². The Morgan fingerprint density at radius 1 is 1.44 bits per heavy atom. The van der Waals surface area contributed by atoms with Gasteiger partial charge in [-0.1, -0.05) is 26.7 Å². The predicted molar refractivity (Wildman–Crippen MR) is 75.7 cm³/mol. The van der Waals surface area contributed by atoms with E-state index in [4.69, 9.17) is 5.10 Å². The number of nitrogens with one attached hydrogen (secondary N) is 1. The van der Waals surface area contributed by atoms with Gasteiger partial charge in [-0.05, 0) is 38.3 Å². The second-order valence-corrected chi connectivity index (χ2v) is 5.68. The van der Waals surface area contributed by atoms with Crippen LogP contribution in [0.2, 0.25) is 0 Å². The third kappa shape index (κ3) is 3.84. The zero-order valence-electron chi connectivity index (χ0n) is 12.0. The van der Waals surface area contributed by atoms with Crippen molar-refractivity contribution in [2.24, 2.45) is 5.92 Å². The van der Waals surface area contributed by atoms with Gasteiger partial charge in [-0.25, -0.2) is 0 Å². The van der Waals surface area contributed by atoms with Crippen molar-refractivity contribution in [2.45, 2.75) is 65.0 Å². The topological polar surface area (TPSA) is 29.9 Å². The molecule has 18 heavy (non-hydrogen) atoms. The van der Waals surface area contributed by atoms with Crippen LogP contribution in [0, 0.1) is 5.92 Å². The first-order valence-electron chi connectivity index (χ1n) is 7.50. The summed E-state index contributed by atoms with van der Waals surface area (Å²) in [4.78, 5) is 0. The maximum atomic E-state index is 4.71. The zero-order valence-corrected chi connectivity index (χ0v) is 12.0. The van der Waals surface area contributed by atoms with E-state index in [1.54, 1.807) is 0 Å². The molecular weight excluding hydrogens is 222 g/mol. The summed E-state index contributed by atoms with van der Waals surface area (Å²) in [6, 6.07) is 3.31. The lowest BCUT2D eigenvalue weighted by molar-refractivity contribution is 0.446. The Bertz CT molecular complexity index is 354. The molecule has 0 aliphatic heterocycles. The molecule has 1 saturated carbocycles. The van der Waals surface area contributed by atoms with Crippen molar-refractivity contribution in [3.05, 3.63) is 18.0 Å². The van der Waals surface area contributed by atoms with Crippen molar-refractivity contribution >= 4 is 0 Å². The minimum absolute atomic E-state index is 0.514. The average molecular weight is 249 g/mol. The molecule has 0 saturated heterocycles. The normalized spacial score (nSPS) is 18.8. The Labute approximate surface area is 111 Å². The van der Waals surface area contributed by atoms with Gasteiger partial charge in [-0.15, -0.1) is 0 Å². The molecule has 1 aliphatic carbocycles. The number of hydrogen-bond acceptors (Lipinski definition) is 2. The summed E-state index contributed by atoms with van der Waals surface area (Å²) < 4.78 is 2.11. The molecule has 0 bridgehead atoms. The standard InChI is InChI=1S/C15H27N3/c1-4-12(3)18-9-8-14(17-18)11-15(16-5-2)10-13-6-7-13/h8-9,12-13,15-16H,4-7,10-11H2,1-3H3. The number of likely N-dealkylation sites (N-methyl/N-ethyl adjacent to an activating group) is 1. The van der Waals surface area contributed by atoms with Crippen LogP contribution in [-0.4, -0.2) is 22.4 Å². The van der Waals surface area contributed by atoms with Crippen LogP contribution in [0.5, 0.6) is 0 Å². The lowest BCUT2D eigenvalue weighted by atomic mass is 10.1. The van der Waals surface area contributed by atoms with Crippen LogP contribution >= 0.6 is 0 Å². The van der Waals surface area contributed by atoms with Crippen LogP contribution in [0.4, 0.5) is 0 Å². The molecule has 1 aliphatic rings. The first-order chi connectivity index (χ1) is 8.72. The van der Waals surface area contributed by atoms with Crippen LogP contribution in [0.3, 0.4) is 0 Å². The van der Waals surface area contributed by atoms with E-state index in [0.717, 1.165) is 25.3 Å². The average Bonchev–Trinajstić information content (AvgIpc) is 3.05. The zero-order chi connectivity index (χ0) is 13.0. The van der Waals surface area contributed by atoms with Crippen LogP contribution in [0.1, 0.15) is 58.2 Å². The Morgan fingerprint density at radius 2 is 2.22 bits per heavy atom. The minimum atomic E-state index is 0.514. The van der Waals surface area contributed by atoms with Gasteiger partial charge >= 0.3 is 0 Å². The SMILES string of the molecule is CCNC(Cc1ccn(C(C)CC)n1)CC1CC1. The number of rotatable bonds is 8. The van der Waals surface area contributed by atoms with Crippen molar-refractivity contribution in [2.75, 3.05) is 6.54 Å². The van der Waals surface area contributed by atoms with Gasteiger partial charge in [0.05, 0.1) is 5.69 Å². The van der Waals surface area contributed by atoms with Crippen LogP contribution in [-0.2, 0) is 6.42 Å². The minimum Gasteiger partial charge on any atom is -0.314 e. The van der Waals surface area contributed by atoms with E-state index < -0.39 is 0 Å². The van der Waals surface area contributed by atoms with E-state index in [1.165, 1.54) is 25.0 Å². The van der Waals surface area contributed by atoms with Gasteiger partial charge in [0.1, 0.15) is 0 Å². The van der Waals surface area contributed by atoms with Gasteiger partial charge in [-0.2, -0.15) is 5.10 Å². The molecule has 102 valence electrons. The van der Waals surface area contributed by atoms with E-state index in [0.29, 0.717) is 12.1 Å².